The highest BCUT2D eigenvalue weighted by Gasteiger charge is 2.49. The normalized spacial score (nSPS) is 32.8. The number of carbonyl (C=O) groups is 2. The van der Waals surface area contributed by atoms with Gasteiger partial charge >= 0.3 is 0 Å². The third kappa shape index (κ3) is 8.50. The number of amides is 1. The first-order chi connectivity index (χ1) is 26.5. The monoisotopic (exact) mass is 796 g/mol. The predicted octanol–water partition coefficient (Wildman–Crippen LogP) is 5.01. The van der Waals surface area contributed by atoms with Crippen LogP contribution in [0.15, 0.2) is 48.6 Å². The lowest BCUT2D eigenvalue weighted by Crippen LogP contribution is -2.53. The summed E-state index contributed by atoms with van der Waals surface area (Å²) in [4.78, 5) is 30.9. The predicted molar refractivity (Wildman–Crippen MR) is 215 cm³/mol. The summed E-state index contributed by atoms with van der Waals surface area (Å²) in [6.07, 6.45) is 9.65. The van der Waals surface area contributed by atoms with Crippen molar-refractivity contribution in [3.8, 4) is 5.75 Å². The van der Waals surface area contributed by atoms with Gasteiger partial charge in [-0.2, -0.15) is 0 Å². The Morgan fingerprint density at radius 3 is 2.58 bits per heavy atom. The highest BCUT2D eigenvalue weighted by Crippen LogP contribution is 2.48. The van der Waals surface area contributed by atoms with E-state index in [9.17, 15) is 18.0 Å². The van der Waals surface area contributed by atoms with Gasteiger partial charge < -0.3 is 29.3 Å². The number of methoxy groups -OCH3 is 1. The smallest absolute Gasteiger partial charge is 0.264 e. The summed E-state index contributed by atoms with van der Waals surface area (Å²) in [5, 5.41) is 3.23. The number of rotatable bonds is 4. The third-order valence-corrected chi connectivity index (χ3v) is 15.3. The molecule has 55 heavy (non-hydrogen) atoms. The first-order valence-electron chi connectivity index (χ1n) is 20.0. The summed E-state index contributed by atoms with van der Waals surface area (Å²) >= 11 is 6.40. The number of fused-ring (bicyclic) bond motifs is 4. The van der Waals surface area contributed by atoms with Crippen molar-refractivity contribution in [3.05, 3.63) is 70.3 Å². The first kappa shape index (κ1) is 40.2. The number of halogens is 1. The number of nitrogens with zero attached hydrogens (tertiary/aromatic N) is 2. The minimum absolute atomic E-state index is 0.0434. The van der Waals surface area contributed by atoms with Crippen LogP contribution in [0.5, 0.6) is 5.75 Å². The average Bonchev–Trinajstić information content (AvgIpc) is 3.30. The molecule has 3 fully saturated rings. The van der Waals surface area contributed by atoms with Gasteiger partial charge in [-0.1, -0.05) is 30.7 Å². The maximum absolute atomic E-state index is 13.4. The molecule has 2 saturated heterocycles. The second-order valence-corrected chi connectivity index (χ2v) is 19.1. The average molecular weight is 797 g/mol. The number of piperazine rings is 1. The zero-order valence-electron chi connectivity index (χ0n) is 32.4. The van der Waals surface area contributed by atoms with Crippen LogP contribution >= 0.6 is 11.6 Å². The van der Waals surface area contributed by atoms with Gasteiger partial charge in [0.2, 0.25) is 10.0 Å². The highest BCUT2D eigenvalue weighted by molar-refractivity contribution is 7.90. The van der Waals surface area contributed by atoms with Gasteiger partial charge in [0.05, 0.1) is 30.8 Å². The molecule has 8 rings (SSSR count). The Balaban J connectivity index is 0.000000360. The number of hydrogen-bond acceptors (Lipinski definition) is 10. The van der Waals surface area contributed by atoms with Gasteiger partial charge in [-0.3, -0.25) is 9.59 Å². The molecule has 6 aliphatic rings. The third-order valence-electron chi connectivity index (χ3n) is 13.1. The van der Waals surface area contributed by atoms with Crippen molar-refractivity contribution in [1.29, 1.82) is 0 Å². The minimum Gasteiger partial charge on any atom is -0.490 e. The highest BCUT2D eigenvalue weighted by atomic mass is 35.5. The fraction of sp³-hybridized carbons (Fsp3) is 0.619. The van der Waals surface area contributed by atoms with Crippen LogP contribution in [0.4, 0.5) is 5.69 Å². The zero-order chi connectivity index (χ0) is 38.8. The maximum Gasteiger partial charge on any atom is 0.264 e. The maximum atomic E-state index is 13.4. The van der Waals surface area contributed by atoms with Crippen LogP contribution in [0.2, 0.25) is 5.02 Å². The number of carbonyl (C=O) groups excluding carboxylic acids is 2. The number of anilines is 1. The molecule has 0 radical (unpaired) electrons. The molecule has 300 valence electrons. The lowest BCUT2D eigenvalue weighted by atomic mass is 9.64. The number of sulfonamides is 1. The second-order valence-electron chi connectivity index (χ2n) is 16.7. The van der Waals surface area contributed by atoms with Crippen LogP contribution in [0.1, 0.15) is 67.4 Å². The van der Waals surface area contributed by atoms with E-state index < -0.39 is 26.8 Å². The molecule has 11 nitrogen and oxygen atoms in total. The Morgan fingerprint density at radius 1 is 1.09 bits per heavy atom. The van der Waals surface area contributed by atoms with Crippen molar-refractivity contribution in [2.24, 2.45) is 23.7 Å². The lowest BCUT2D eigenvalue weighted by molar-refractivity contribution is -0.135. The second kappa shape index (κ2) is 16.8. The van der Waals surface area contributed by atoms with Crippen molar-refractivity contribution in [2.75, 3.05) is 77.6 Å². The number of ether oxygens (including phenoxy) is 3. The summed E-state index contributed by atoms with van der Waals surface area (Å²) in [6, 6.07) is 11.3. The lowest BCUT2D eigenvalue weighted by Gasteiger charge is -2.48. The fourth-order valence-electron chi connectivity index (χ4n) is 9.33. The number of aryl methyl sites for hydroxylation is 1. The number of aldehydes is 1. The van der Waals surface area contributed by atoms with Gasteiger partial charge in [-0.25, -0.2) is 13.1 Å². The molecule has 4 heterocycles. The number of nitrogens with one attached hydrogen (secondary N) is 2. The van der Waals surface area contributed by atoms with Gasteiger partial charge in [0.1, 0.15) is 11.4 Å². The van der Waals surface area contributed by atoms with Gasteiger partial charge in [0, 0.05) is 80.8 Å². The molecule has 1 spiro atoms. The van der Waals surface area contributed by atoms with Crippen molar-refractivity contribution >= 4 is 39.5 Å². The number of benzene rings is 2. The minimum atomic E-state index is -3.97. The number of allylic oxidation sites excluding steroid dienone is 1. The van der Waals surface area contributed by atoms with E-state index in [4.69, 9.17) is 25.8 Å². The van der Waals surface area contributed by atoms with Crippen LogP contribution in [0, 0.1) is 23.7 Å². The first-order valence-corrected chi connectivity index (χ1v) is 21.9. The molecule has 0 aromatic heterocycles. The van der Waals surface area contributed by atoms with Crippen molar-refractivity contribution in [3.63, 3.8) is 0 Å². The molecule has 2 aromatic carbocycles. The number of hydrogen-bond donors (Lipinski definition) is 2. The summed E-state index contributed by atoms with van der Waals surface area (Å²) in [7, 11) is -2.41. The SMILES string of the molecule is C1CN(CC2COC2)CCN1.CO[C@@]1(C=O)/C=C/C[C@H](C)[C@@H](C)S(=O)(=O)NC(=O)c2ccc3c(c2)N(C[C@@H]2CC[C@H]21)C[C@@]1(CCCc2cc(Cl)ccc21)CO3. The van der Waals surface area contributed by atoms with E-state index in [1.807, 2.05) is 25.1 Å². The molecule has 2 aliphatic carbocycles. The molecule has 2 N–H and O–H groups in total. The van der Waals surface area contributed by atoms with Crippen LogP contribution in [-0.4, -0.2) is 109 Å². The Morgan fingerprint density at radius 2 is 1.89 bits per heavy atom. The van der Waals surface area contributed by atoms with E-state index in [1.165, 1.54) is 30.8 Å². The molecule has 4 aliphatic heterocycles. The quantitative estimate of drug-likeness (QED) is 0.323. The molecule has 1 saturated carbocycles. The Kier molecular flexibility index (Phi) is 12.3. The summed E-state index contributed by atoms with van der Waals surface area (Å²) in [5.41, 5.74) is 2.05. The Labute approximate surface area is 331 Å². The Bertz CT molecular complexity index is 1850. The molecule has 2 bridgehead atoms. The standard InChI is InChI=1S/C34H41ClN2O6S.C8H16N2O/c1-22-6-4-15-34(20-38,42-3)29-11-8-26(29)18-37-19-33(14-5-7-24-16-27(35)10-12-28(24)33)21-43-31-13-9-25(17-30(31)37)32(39)36-44(40,41)23(22)2;1-3-10(4-2-9-1)5-8-6-11-7-8/h4,9-10,12-13,15-17,20,22-23,26,29H,5-8,11,14,18-19,21H2,1-3H3,(H,36,39);8-9H,1-7H2/b15-4+;/t22-,23+,26-,29+,33-,34+;/m0./s1. The van der Waals surface area contributed by atoms with Gasteiger partial charge in [0.25, 0.3) is 5.91 Å². The van der Waals surface area contributed by atoms with E-state index in [2.05, 4.69) is 32.0 Å². The van der Waals surface area contributed by atoms with E-state index in [1.54, 1.807) is 32.2 Å². The van der Waals surface area contributed by atoms with E-state index in [0.29, 0.717) is 36.9 Å². The van der Waals surface area contributed by atoms with E-state index >= 15 is 0 Å². The van der Waals surface area contributed by atoms with Gasteiger partial charge in [-0.15, -0.1) is 0 Å². The molecule has 2 aromatic rings. The Hall–Kier alpha value is -3.00. The van der Waals surface area contributed by atoms with Crippen LogP contribution in [0.25, 0.3) is 0 Å². The topological polar surface area (TPSA) is 127 Å². The van der Waals surface area contributed by atoms with Crippen LogP contribution in [0.3, 0.4) is 0 Å². The van der Waals surface area contributed by atoms with Crippen molar-refractivity contribution < 1.29 is 32.2 Å². The molecule has 0 unspecified atom stereocenters. The van der Waals surface area contributed by atoms with Crippen LogP contribution < -0.4 is 19.7 Å². The molecular formula is C42H57ClN4O7S. The van der Waals surface area contributed by atoms with Crippen LogP contribution in [-0.2, 0) is 36.1 Å². The molecule has 1 amide bonds. The largest absolute Gasteiger partial charge is 0.490 e. The van der Waals surface area contributed by atoms with Gasteiger partial charge in [0.15, 0.2) is 6.29 Å². The fourth-order valence-corrected chi connectivity index (χ4v) is 10.8. The zero-order valence-corrected chi connectivity index (χ0v) is 34.0. The summed E-state index contributed by atoms with van der Waals surface area (Å²) in [6.45, 7) is 13.2. The van der Waals surface area contributed by atoms with E-state index in [-0.39, 0.29) is 28.7 Å². The molecule has 6 atom stereocenters. The van der Waals surface area contributed by atoms with Crippen molar-refractivity contribution in [1.82, 2.24) is 14.9 Å². The van der Waals surface area contributed by atoms with E-state index in [0.717, 1.165) is 76.3 Å². The molecule has 13 heteroatoms. The molecular weight excluding hydrogens is 740 g/mol. The summed E-state index contributed by atoms with van der Waals surface area (Å²) < 4.78 is 46.5. The van der Waals surface area contributed by atoms with Crippen molar-refractivity contribution in [2.45, 2.75) is 68.6 Å². The summed E-state index contributed by atoms with van der Waals surface area (Å²) in [5.74, 6) is 0.624. The van der Waals surface area contributed by atoms with Gasteiger partial charge in [-0.05, 0) is 105 Å².